The van der Waals surface area contributed by atoms with E-state index < -0.39 is 0 Å². The Labute approximate surface area is 91.1 Å². The normalized spacial score (nSPS) is 18.7. The van der Waals surface area contributed by atoms with Gasteiger partial charge in [0.15, 0.2) is 0 Å². The number of carbonyl (C=O) groups is 1. The molecule has 1 fully saturated rings. The summed E-state index contributed by atoms with van der Waals surface area (Å²) in [6.07, 6.45) is 1.73. The van der Waals surface area contributed by atoms with Crippen molar-refractivity contribution in [2.24, 2.45) is 11.1 Å². The van der Waals surface area contributed by atoms with Gasteiger partial charge in [0.25, 0.3) is 0 Å². The van der Waals surface area contributed by atoms with Crippen molar-refractivity contribution in [2.45, 2.75) is 39.2 Å². The molecule has 0 aromatic heterocycles. The molecule has 0 heterocycles. The van der Waals surface area contributed by atoms with Gasteiger partial charge >= 0.3 is 5.97 Å². The highest BCUT2D eigenvalue weighted by molar-refractivity contribution is 5.80. The summed E-state index contributed by atoms with van der Waals surface area (Å²) in [6.45, 7) is 7.06. The average Bonchev–Trinajstić information content (AvgIpc) is 2.91. The van der Waals surface area contributed by atoms with Crippen LogP contribution in [0, 0.1) is 5.41 Å². The summed E-state index contributed by atoms with van der Waals surface area (Å²) in [5, 5.41) is 0. The third kappa shape index (κ3) is 3.80. The van der Waals surface area contributed by atoms with E-state index in [2.05, 4.69) is 0 Å². The van der Waals surface area contributed by atoms with E-state index >= 15 is 0 Å². The van der Waals surface area contributed by atoms with E-state index in [4.69, 9.17) is 15.2 Å². The van der Waals surface area contributed by atoms with Crippen molar-refractivity contribution in [3.8, 4) is 0 Å². The molecule has 0 aliphatic heterocycles. The highest BCUT2D eigenvalue weighted by atomic mass is 16.6. The summed E-state index contributed by atoms with van der Waals surface area (Å²) < 4.78 is 10.5. The first kappa shape index (κ1) is 12.5. The van der Waals surface area contributed by atoms with E-state index in [1.807, 2.05) is 20.8 Å². The van der Waals surface area contributed by atoms with Gasteiger partial charge in [0.1, 0.15) is 6.61 Å². The molecule has 1 rings (SSSR count). The summed E-state index contributed by atoms with van der Waals surface area (Å²) >= 11 is 0. The molecule has 15 heavy (non-hydrogen) atoms. The topological polar surface area (TPSA) is 61.5 Å². The van der Waals surface area contributed by atoms with Gasteiger partial charge in [0.05, 0.1) is 17.6 Å². The first-order chi connectivity index (χ1) is 6.90. The zero-order chi connectivity index (χ0) is 11.5. The second-order valence-corrected chi connectivity index (χ2v) is 5.08. The van der Waals surface area contributed by atoms with Crippen LogP contribution in [0.25, 0.3) is 0 Å². The number of esters is 1. The Kier molecular flexibility index (Phi) is 3.73. The summed E-state index contributed by atoms with van der Waals surface area (Å²) in [5.74, 6) is -0.164. The Balaban J connectivity index is 2.13. The molecule has 1 saturated carbocycles. The maximum atomic E-state index is 11.5. The van der Waals surface area contributed by atoms with Crippen LogP contribution in [0.4, 0.5) is 0 Å². The number of ether oxygens (including phenoxy) is 2. The molecule has 0 radical (unpaired) electrons. The molecule has 1 aliphatic rings. The Hall–Kier alpha value is -0.610. The lowest BCUT2D eigenvalue weighted by molar-refractivity contribution is -0.153. The molecule has 4 nitrogen and oxygen atoms in total. The lowest BCUT2D eigenvalue weighted by atomic mass is 10.1. The van der Waals surface area contributed by atoms with Gasteiger partial charge in [0.2, 0.25) is 0 Å². The molecular weight excluding hydrogens is 194 g/mol. The quantitative estimate of drug-likeness (QED) is 0.550. The number of hydrogen-bond donors (Lipinski definition) is 1. The molecule has 0 unspecified atom stereocenters. The van der Waals surface area contributed by atoms with Gasteiger partial charge in [0, 0.05) is 6.54 Å². The van der Waals surface area contributed by atoms with E-state index in [0.717, 1.165) is 12.8 Å². The van der Waals surface area contributed by atoms with Crippen molar-refractivity contribution in [3.05, 3.63) is 0 Å². The average molecular weight is 215 g/mol. The van der Waals surface area contributed by atoms with Gasteiger partial charge in [-0.3, -0.25) is 4.79 Å². The predicted molar refractivity (Wildman–Crippen MR) is 57.4 cm³/mol. The zero-order valence-corrected chi connectivity index (χ0v) is 9.84. The van der Waals surface area contributed by atoms with Gasteiger partial charge in [-0.1, -0.05) is 0 Å². The van der Waals surface area contributed by atoms with Crippen molar-refractivity contribution < 1.29 is 14.3 Å². The minimum Gasteiger partial charge on any atom is -0.463 e. The Morgan fingerprint density at radius 3 is 2.33 bits per heavy atom. The molecule has 0 aromatic rings. The fourth-order valence-corrected chi connectivity index (χ4v) is 1.28. The van der Waals surface area contributed by atoms with Crippen molar-refractivity contribution in [1.29, 1.82) is 0 Å². The van der Waals surface area contributed by atoms with Crippen molar-refractivity contribution in [3.63, 3.8) is 0 Å². The number of nitrogens with two attached hydrogens (primary N) is 1. The molecule has 2 N–H and O–H groups in total. The van der Waals surface area contributed by atoms with Gasteiger partial charge in [-0.05, 0) is 33.6 Å². The molecule has 88 valence electrons. The molecule has 0 amide bonds. The lowest BCUT2D eigenvalue weighted by Gasteiger charge is -2.19. The second kappa shape index (κ2) is 4.49. The van der Waals surface area contributed by atoms with E-state index in [9.17, 15) is 4.79 Å². The summed E-state index contributed by atoms with van der Waals surface area (Å²) in [4.78, 5) is 11.5. The number of hydrogen-bond acceptors (Lipinski definition) is 4. The highest BCUT2D eigenvalue weighted by Crippen LogP contribution is 2.45. The van der Waals surface area contributed by atoms with Crippen LogP contribution in [0.2, 0.25) is 0 Å². The van der Waals surface area contributed by atoms with Crippen LogP contribution in [-0.2, 0) is 14.3 Å². The van der Waals surface area contributed by atoms with Crippen molar-refractivity contribution >= 4 is 5.97 Å². The summed E-state index contributed by atoms with van der Waals surface area (Å²) in [7, 11) is 0. The first-order valence-electron chi connectivity index (χ1n) is 5.41. The predicted octanol–water partition coefficient (Wildman–Crippen LogP) is 1.08. The van der Waals surface area contributed by atoms with E-state index in [1.54, 1.807) is 0 Å². The SMILES string of the molecule is CC(C)(C)OCCOC(=O)C1(CN)CC1. The van der Waals surface area contributed by atoms with Crippen LogP contribution in [-0.4, -0.2) is 31.3 Å². The molecular formula is C11H21NO3. The van der Waals surface area contributed by atoms with Crippen LogP contribution < -0.4 is 5.73 Å². The maximum absolute atomic E-state index is 11.5. The summed E-state index contributed by atoms with van der Waals surface area (Å²) in [6, 6.07) is 0. The van der Waals surface area contributed by atoms with Gasteiger partial charge < -0.3 is 15.2 Å². The molecule has 1 aliphatic carbocycles. The fourth-order valence-electron chi connectivity index (χ4n) is 1.28. The van der Waals surface area contributed by atoms with Gasteiger partial charge in [-0.15, -0.1) is 0 Å². The van der Waals surface area contributed by atoms with Crippen molar-refractivity contribution in [1.82, 2.24) is 0 Å². The third-order valence-corrected chi connectivity index (χ3v) is 2.53. The largest absolute Gasteiger partial charge is 0.463 e. The minimum atomic E-state index is -0.359. The van der Waals surface area contributed by atoms with E-state index in [0.29, 0.717) is 19.8 Å². The van der Waals surface area contributed by atoms with Crippen LogP contribution in [0.5, 0.6) is 0 Å². The molecule has 0 bridgehead atoms. The van der Waals surface area contributed by atoms with Gasteiger partial charge in [-0.25, -0.2) is 0 Å². The molecule has 4 heteroatoms. The molecule has 0 aromatic carbocycles. The monoisotopic (exact) mass is 215 g/mol. The number of rotatable bonds is 5. The Bertz CT molecular complexity index is 228. The minimum absolute atomic E-state index is 0.164. The van der Waals surface area contributed by atoms with Crippen LogP contribution in [0.1, 0.15) is 33.6 Å². The van der Waals surface area contributed by atoms with Crippen molar-refractivity contribution in [2.75, 3.05) is 19.8 Å². The van der Waals surface area contributed by atoms with Crippen LogP contribution >= 0.6 is 0 Å². The molecule has 0 atom stereocenters. The zero-order valence-electron chi connectivity index (χ0n) is 9.84. The first-order valence-corrected chi connectivity index (χ1v) is 5.41. The Morgan fingerprint density at radius 2 is 1.93 bits per heavy atom. The smallest absolute Gasteiger partial charge is 0.313 e. The highest BCUT2D eigenvalue weighted by Gasteiger charge is 2.50. The Morgan fingerprint density at radius 1 is 1.33 bits per heavy atom. The maximum Gasteiger partial charge on any atom is 0.313 e. The third-order valence-electron chi connectivity index (χ3n) is 2.53. The second-order valence-electron chi connectivity index (χ2n) is 5.08. The number of carbonyl (C=O) groups excluding carboxylic acids is 1. The van der Waals surface area contributed by atoms with E-state index in [-0.39, 0.29) is 17.0 Å². The summed E-state index contributed by atoms with van der Waals surface area (Å²) in [5.41, 5.74) is 4.97. The molecule has 0 saturated heterocycles. The van der Waals surface area contributed by atoms with Crippen LogP contribution in [0.15, 0.2) is 0 Å². The molecule has 0 spiro atoms. The van der Waals surface area contributed by atoms with Gasteiger partial charge in [-0.2, -0.15) is 0 Å². The van der Waals surface area contributed by atoms with E-state index in [1.165, 1.54) is 0 Å². The standard InChI is InChI=1S/C11H21NO3/c1-10(2,3)15-7-6-14-9(13)11(8-12)4-5-11/h4-8,12H2,1-3H3. The van der Waals surface area contributed by atoms with Crippen LogP contribution in [0.3, 0.4) is 0 Å². The fraction of sp³-hybridized carbons (Fsp3) is 0.909. The lowest BCUT2D eigenvalue weighted by Crippen LogP contribution is -2.29.